The number of rotatable bonds is 19. The zero-order valence-electron chi connectivity index (χ0n) is 17.1. The van der Waals surface area contributed by atoms with Crippen molar-refractivity contribution in [3.63, 3.8) is 0 Å². The van der Waals surface area contributed by atoms with Crippen LogP contribution in [0.3, 0.4) is 0 Å². The molecule has 0 spiro atoms. The lowest BCUT2D eigenvalue weighted by Gasteiger charge is -2.04. The van der Waals surface area contributed by atoms with E-state index in [1.807, 2.05) is 0 Å². The van der Waals surface area contributed by atoms with Crippen molar-refractivity contribution >= 4 is 11.8 Å². The highest BCUT2D eigenvalue weighted by Gasteiger charge is 2.01. The van der Waals surface area contributed by atoms with E-state index in [1.54, 1.807) is 0 Å². The van der Waals surface area contributed by atoms with Gasteiger partial charge in [-0.3, -0.25) is 9.59 Å². The van der Waals surface area contributed by atoms with Gasteiger partial charge in [-0.2, -0.15) is 0 Å². The van der Waals surface area contributed by atoms with Crippen LogP contribution in [0.15, 0.2) is 12.2 Å². The van der Waals surface area contributed by atoms with Crippen molar-refractivity contribution in [2.45, 2.75) is 110 Å². The lowest BCUT2D eigenvalue weighted by Crippen LogP contribution is -2.25. The van der Waals surface area contributed by atoms with Crippen LogP contribution in [0.2, 0.25) is 0 Å². The Bertz CT molecular complexity index is 367. The van der Waals surface area contributed by atoms with Gasteiger partial charge < -0.3 is 11.1 Å². The van der Waals surface area contributed by atoms with Crippen LogP contribution >= 0.6 is 0 Å². The first-order valence-corrected chi connectivity index (χ1v) is 10.9. The summed E-state index contributed by atoms with van der Waals surface area (Å²) in [5, 5.41) is 2.83. The molecule has 4 heteroatoms. The van der Waals surface area contributed by atoms with Gasteiger partial charge in [0.2, 0.25) is 11.8 Å². The Morgan fingerprint density at radius 1 is 0.731 bits per heavy atom. The minimum atomic E-state index is -0.309. The smallest absolute Gasteiger partial charge is 0.219 e. The van der Waals surface area contributed by atoms with Crippen molar-refractivity contribution in [3.8, 4) is 0 Å². The Labute approximate surface area is 161 Å². The summed E-state index contributed by atoms with van der Waals surface area (Å²) < 4.78 is 0. The van der Waals surface area contributed by atoms with Crippen LogP contribution in [-0.4, -0.2) is 18.4 Å². The second kappa shape index (κ2) is 20.0. The first kappa shape index (κ1) is 24.7. The zero-order chi connectivity index (χ0) is 19.3. The Morgan fingerprint density at radius 2 is 1.27 bits per heavy atom. The SMILES string of the molecule is CCCCCCCCC=CCCCCCCCC(=O)NCCCC(N)=O. The summed E-state index contributed by atoms with van der Waals surface area (Å²) in [5.74, 6) is -0.219. The van der Waals surface area contributed by atoms with Crippen molar-refractivity contribution in [1.29, 1.82) is 0 Å². The van der Waals surface area contributed by atoms with Gasteiger partial charge >= 0.3 is 0 Å². The van der Waals surface area contributed by atoms with Crippen molar-refractivity contribution in [3.05, 3.63) is 12.2 Å². The maximum absolute atomic E-state index is 11.6. The number of carbonyl (C=O) groups is 2. The standard InChI is InChI=1S/C22H42N2O2/c1-2-3-4-5-6-7-8-9-10-11-12-13-14-15-16-19-22(26)24-20-17-18-21(23)25/h9-10H,2-8,11-20H2,1H3,(H2,23,25)(H,24,26). The number of primary amides is 1. The molecule has 0 saturated heterocycles. The van der Waals surface area contributed by atoms with E-state index in [0.717, 1.165) is 12.8 Å². The summed E-state index contributed by atoms with van der Waals surface area (Å²) in [5.41, 5.74) is 5.05. The monoisotopic (exact) mass is 366 g/mol. The van der Waals surface area contributed by atoms with Gasteiger partial charge in [0.15, 0.2) is 0 Å². The molecule has 0 radical (unpaired) electrons. The lowest BCUT2D eigenvalue weighted by molar-refractivity contribution is -0.122. The molecule has 152 valence electrons. The van der Waals surface area contributed by atoms with Gasteiger partial charge in [-0.05, 0) is 38.5 Å². The molecular weight excluding hydrogens is 324 g/mol. The van der Waals surface area contributed by atoms with Crippen LogP contribution in [0.1, 0.15) is 110 Å². The fourth-order valence-electron chi connectivity index (χ4n) is 2.94. The number of nitrogens with two attached hydrogens (primary N) is 1. The maximum Gasteiger partial charge on any atom is 0.219 e. The van der Waals surface area contributed by atoms with Crippen LogP contribution in [0.4, 0.5) is 0 Å². The summed E-state index contributed by atoms with van der Waals surface area (Å²) >= 11 is 0. The summed E-state index contributed by atoms with van der Waals surface area (Å²) in [7, 11) is 0. The van der Waals surface area contributed by atoms with Gasteiger partial charge in [0.1, 0.15) is 0 Å². The molecule has 0 bridgehead atoms. The molecule has 0 atom stereocenters. The van der Waals surface area contributed by atoms with Gasteiger partial charge in [0.05, 0.1) is 0 Å². The fraction of sp³-hybridized carbons (Fsp3) is 0.818. The number of hydrogen-bond acceptors (Lipinski definition) is 2. The zero-order valence-corrected chi connectivity index (χ0v) is 17.1. The van der Waals surface area contributed by atoms with Crippen LogP contribution in [0.5, 0.6) is 0 Å². The van der Waals surface area contributed by atoms with E-state index in [9.17, 15) is 9.59 Å². The molecule has 26 heavy (non-hydrogen) atoms. The van der Waals surface area contributed by atoms with E-state index in [-0.39, 0.29) is 11.8 Å². The predicted octanol–water partition coefficient (Wildman–Crippen LogP) is 5.41. The molecule has 0 aliphatic rings. The highest BCUT2D eigenvalue weighted by atomic mass is 16.2. The second-order valence-electron chi connectivity index (χ2n) is 7.25. The third-order valence-electron chi connectivity index (χ3n) is 4.59. The van der Waals surface area contributed by atoms with Crippen LogP contribution < -0.4 is 11.1 Å². The maximum atomic E-state index is 11.6. The molecule has 0 aliphatic heterocycles. The molecule has 0 unspecified atom stereocenters. The fourth-order valence-corrected chi connectivity index (χ4v) is 2.94. The Kier molecular flexibility index (Phi) is 19.0. The molecule has 0 aliphatic carbocycles. The van der Waals surface area contributed by atoms with Crippen molar-refractivity contribution in [2.24, 2.45) is 5.73 Å². The van der Waals surface area contributed by atoms with E-state index >= 15 is 0 Å². The predicted molar refractivity (Wildman–Crippen MR) is 111 cm³/mol. The van der Waals surface area contributed by atoms with Gasteiger partial charge in [-0.15, -0.1) is 0 Å². The van der Waals surface area contributed by atoms with E-state index in [2.05, 4.69) is 24.4 Å². The minimum absolute atomic E-state index is 0.0899. The molecule has 0 rings (SSSR count). The molecule has 4 nitrogen and oxygen atoms in total. The van der Waals surface area contributed by atoms with Gasteiger partial charge in [-0.25, -0.2) is 0 Å². The van der Waals surface area contributed by atoms with Crippen molar-refractivity contribution in [1.82, 2.24) is 5.32 Å². The second-order valence-corrected chi connectivity index (χ2v) is 7.25. The summed E-state index contributed by atoms with van der Waals surface area (Å²) in [6.07, 6.45) is 22.7. The number of allylic oxidation sites excluding steroid dienone is 2. The Hall–Kier alpha value is -1.32. The first-order valence-electron chi connectivity index (χ1n) is 10.9. The highest BCUT2D eigenvalue weighted by molar-refractivity contribution is 5.76. The molecule has 2 amide bonds. The lowest BCUT2D eigenvalue weighted by atomic mass is 10.1. The van der Waals surface area contributed by atoms with Crippen molar-refractivity contribution < 1.29 is 9.59 Å². The molecule has 3 N–H and O–H groups in total. The minimum Gasteiger partial charge on any atom is -0.370 e. The normalized spacial score (nSPS) is 11.1. The molecule has 0 aromatic rings. The van der Waals surface area contributed by atoms with Gasteiger partial charge in [0.25, 0.3) is 0 Å². The van der Waals surface area contributed by atoms with Crippen molar-refractivity contribution in [2.75, 3.05) is 6.54 Å². The van der Waals surface area contributed by atoms with Crippen LogP contribution in [-0.2, 0) is 9.59 Å². The summed E-state index contributed by atoms with van der Waals surface area (Å²) in [6, 6.07) is 0. The molecule has 0 fully saturated rings. The number of unbranched alkanes of at least 4 members (excludes halogenated alkanes) is 11. The molecule has 0 aromatic carbocycles. The Morgan fingerprint density at radius 3 is 1.85 bits per heavy atom. The van der Waals surface area contributed by atoms with E-state index in [4.69, 9.17) is 5.73 Å². The van der Waals surface area contributed by atoms with Crippen LogP contribution in [0.25, 0.3) is 0 Å². The number of hydrogen-bond donors (Lipinski definition) is 2. The third-order valence-corrected chi connectivity index (χ3v) is 4.59. The number of carbonyl (C=O) groups excluding carboxylic acids is 2. The van der Waals surface area contributed by atoms with Gasteiger partial charge in [-0.1, -0.05) is 70.4 Å². The quantitative estimate of drug-likeness (QED) is 0.237. The highest BCUT2D eigenvalue weighted by Crippen LogP contribution is 2.09. The van der Waals surface area contributed by atoms with E-state index in [1.165, 1.54) is 70.6 Å². The van der Waals surface area contributed by atoms with E-state index in [0.29, 0.717) is 25.8 Å². The topological polar surface area (TPSA) is 72.2 Å². The third kappa shape index (κ3) is 20.7. The molecule has 0 heterocycles. The average molecular weight is 367 g/mol. The molecule has 0 aromatic heterocycles. The largest absolute Gasteiger partial charge is 0.370 e. The van der Waals surface area contributed by atoms with Gasteiger partial charge in [0, 0.05) is 19.4 Å². The number of nitrogens with one attached hydrogen (secondary N) is 1. The molecule has 0 saturated carbocycles. The van der Waals surface area contributed by atoms with Crippen LogP contribution in [0, 0.1) is 0 Å². The average Bonchev–Trinajstić information content (AvgIpc) is 2.62. The number of amides is 2. The first-order chi connectivity index (χ1) is 12.7. The Balaban J connectivity index is 3.22. The van der Waals surface area contributed by atoms with E-state index < -0.39 is 0 Å². The summed E-state index contributed by atoms with van der Waals surface area (Å²) in [6.45, 7) is 2.81. The summed E-state index contributed by atoms with van der Waals surface area (Å²) in [4.78, 5) is 22.2. The molecular formula is C22H42N2O2.